The first-order chi connectivity index (χ1) is 12.0. The topological polar surface area (TPSA) is 76.7 Å². The molecule has 0 bridgehead atoms. The van der Waals surface area contributed by atoms with Crippen LogP contribution in [0.5, 0.6) is 11.5 Å². The van der Waals surface area contributed by atoms with Gasteiger partial charge in [-0.05, 0) is 48.7 Å². The second kappa shape index (κ2) is 8.73. The van der Waals surface area contributed by atoms with Crippen molar-refractivity contribution in [2.75, 3.05) is 13.7 Å². The molecule has 2 amide bonds. The van der Waals surface area contributed by atoms with Gasteiger partial charge in [0, 0.05) is 0 Å². The molecule has 6 nitrogen and oxygen atoms in total. The van der Waals surface area contributed by atoms with Crippen LogP contribution in [0.1, 0.15) is 16.7 Å². The van der Waals surface area contributed by atoms with E-state index in [2.05, 4.69) is 10.9 Å². The molecule has 0 atom stereocenters. The van der Waals surface area contributed by atoms with Gasteiger partial charge in [-0.15, -0.1) is 0 Å². The van der Waals surface area contributed by atoms with Gasteiger partial charge in [0.2, 0.25) is 5.91 Å². The highest BCUT2D eigenvalue weighted by atomic mass is 16.5. The molecule has 0 aromatic heterocycles. The molecule has 0 fully saturated rings. The Bertz CT molecular complexity index is 759. The number of nitrogens with one attached hydrogen (secondary N) is 2. The van der Waals surface area contributed by atoms with E-state index in [4.69, 9.17) is 9.47 Å². The smallest absolute Gasteiger partial charge is 0.276 e. The maximum atomic E-state index is 11.9. The van der Waals surface area contributed by atoms with Crippen LogP contribution in [-0.4, -0.2) is 25.5 Å². The molecule has 0 aliphatic carbocycles. The Hall–Kier alpha value is -3.02. The van der Waals surface area contributed by atoms with Gasteiger partial charge in [-0.3, -0.25) is 20.4 Å². The number of aryl methyl sites for hydroxylation is 2. The van der Waals surface area contributed by atoms with Gasteiger partial charge in [-0.1, -0.05) is 24.3 Å². The highest BCUT2D eigenvalue weighted by molar-refractivity contribution is 5.83. The first-order valence-electron chi connectivity index (χ1n) is 7.88. The fourth-order valence-corrected chi connectivity index (χ4v) is 2.19. The molecule has 25 heavy (non-hydrogen) atoms. The summed E-state index contributed by atoms with van der Waals surface area (Å²) < 4.78 is 10.6. The number of amides is 2. The van der Waals surface area contributed by atoms with Gasteiger partial charge >= 0.3 is 0 Å². The summed E-state index contributed by atoms with van der Waals surface area (Å²) in [7, 11) is 1.56. The van der Waals surface area contributed by atoms with Gasteiger partial charge in [0.25, 0.3) is 5.91 Å². The van der Waals surface area contributed by atoms with Crippen LogP contribution in [0, 0.1) is 13.8 Å². The van der Waals surface area contributed by atoms with Crippen molar-refractivity contribution in [3.05, 3.63) is 59.2 Å². The highest BCUT2D eigenvalue weighted by Gasteiger charge is 2.08. The summed E-state index contributed by atoms with van der Waals surface area (Å²) in [6.45, 7) is 3.68. The first-order valence-corrected chi connectivity index (χ1v) is 7.88. The fraction of sp³-hybridized carbons (Fsp3) is 0.263. The number of carbonyl (C=O) groups is 2. The molecule has 0 heterocycles. The molecule has 0 saturated heterocycles. The molecule has 132 valence electrons. The second-order valence-corrected chi connectivity index (χ2v) is 5.68. The fourth-order valence-electron chi connectivity index (χ4n) is 2.19. The van der Waals surface area contributed by atoms with E-state index in [1.54, 1.807) is 25.3 Å². The molecule has 0 spiro atoms. The molecule has 2 rings (SSSR count). The van der Waals surface area contributed by atoms with Gasteiger partial charge in [0.05, 0.1) is 13.5 Å². The van der Waals surface area contributed by atoms with Gasteiger partial charge in [0.1, 0.15) is 11.5 Å². The lowest BCUT2D eigenvalue weighted by molar-refractivity contribution is -0.129. The number of methoxy groups -OCH3 is 1. The van der Waals surface area contributed by atoms with Crippen molar-refractivity contribution in [3.8, 4) is 11.5 Å². The zero-order valence-electron chi connectivity index (χ0n) is 14.6. The second-order valence-electron chi connectivity index (χ2n) is 5.68. The van der Waals surface area contributed by atoms with Gasteiger partial charge in [0.15, 0.2) is 6.61 Å². The van der Waals surface area contributed by atoms with E-state index in [-0.39, 0.29) is 18.9 Å². The number of ether oxygens (including phenoxy) is 2. The van der Waals surface area contributed by atoms with Crippen LogP contribution in [-0.2, 0) is 16.0 Å². The maximum absolute atomic E-state index is 11.9. The molecule has 0 aliphatic heterocycles. The molecule has 2 N–H and O–H groups in total. The Morgan fingerprint density at radius 3 is 2.52 bits per heavy atom. The predicted molar refractivity (Wildman–Crippen MR) is 94.4 cm³/mol. The molecule has 2 aromatic rings. The number of rotatable bonds is 6. The summed E-state index contributed by atoms with van der Waals surface area (Å²) in [5.41, 5.74) is 7.50. The third-order valence-corrected chi connectivity index (χ3v) is 3.54. The van der Waals surface area contributed by atoms with Crippen molar-refractivity contribution in [3.63, 3.8) is 0 Å². The van der Waals surface area contributed by atoms with Crippen LogP contribution < -0.4 is 20.3 Å². The van der Waals surface area contributed by atoms with Crippen LogP contribution >= 0.6 is 0 Å². The van der Waals surface area contributed by atoms with Crippen LogP contribution in [0.4, 0.5) is 0 Å². The number of hydrazine groups is 1. The van der Waals surface area contributed by atoms with Crippen molar-refractivity contribution in [1.29, 1.82) is 0 Å². The third-order valence-electron chi connectivity index (χ3n) is 3.54. The molecule has 2 aromatic carbocycles. The minimum atomic E-state index is -0.431. The number of benzene rings is 2. The Kier molecular flexibility index (Phi) is 6.39. The van der Waals surface area contributed by atoms with Crippen LogP contribution in [0.25, 0.3) is 0 Å². The van der Waals surface area contributed by atoms with E-state index in [1.165, 1.54) is 0 Å². The normalized spacial score (nSPS) is 10.0. The first kappa shape index (κ1) is 18.3. The minimum absolute atomic E-state index is 0.134. The zero-order chi connectivity index (χ0) is 18.2. The predicted octanol–water partition coefficient (Wildman–Crippen LogP) is 2.08. The largest absolute Gasteiger partial charge is 0.497 e. The van der Waals surface area contributed by atoms with Crippen molar-refractivity contribution in [2.24, 2.45) is 0 Å². The molecule has 0 aliphatic rings. The quantitative estimate of drug-likeness (QED) is 0.788. The van der Waals surface area contributed by atoms with E-state index in [0.717, 1.165) is 16.7 Å². The van der Waals surface area contributed by atoms with Gasteiger partial charge < -0.3 is 9.47 Å². The van der Waals surface area contributed by atoms with E-state index < -0.39 is 5.91 Å². The Morgan fingerprint density at radius 2 is 1.76 bits per heavy atom. The summed E-state index contributed by atoms with van der Waals surface area (Å²) >= 11 is 0. The molecular weight excluding hydrogens is 320 g/mol. The standard InChI is InChI=1S/C19H22N2O4/c1-13-7-8-14(2)17(9-13)25-12-19(23)21-20-18(22)11-15-5-4-6-16(10-15)24-3/h4-10H,11-12H2,1-3H3,(H,20,22)(H,21,23). The summed E-state index contributed by atoms with van der Waals surface area (Å²) in [5.74, 6) is 0.572. The minimum Gasteiger partial charge on any atom is -0.497 e. The van der Waals surface area contributed by atoms with E-state index in [1.807, 2.05) is 38.1 Å². The van der Waals surface area contributed by atoms with E-state index in [0.29, 0.717) is 11.5 Å². The van der Waals surface area contributed by atoms with Crippen molar-refractivity contribution in [2.45, 2.75) is 20.3 Å². The lowest BCUT2D eigenvalue weighted by Gasteiger charge is -2.11. The highest BCUT2D eigenvalue weighted by Crippen LogP contribution is 2.18. The monoisotopic (exact) mass is 342 g/mol. The number of hydrogen-bond donors (Lipinski definition) is 2. The molecule has 0 radical (unpaired) electrons. The summed E-state index contributed by atoms with van der Waals surface area (Å²) in [4.78, 5) is 23.7. The maximum Gasteiger partial charge on any atom is 0.276 e. The van der Waals surface area contributed by atoms with Crippen molar-refractivity contribution >= 4 is 11.8 Å². The van der Waals surface area contributed by atoms with Crippen molar-refractivity contribution < 1.29 is 19.1 Å². The lowest BCUT2D eigenvalue weighted by atomic mass is 10.1. The summed E-state index contributed by atoms with van der Waals surface area (Å²) in [5, 5.41) is 0. The van der Waals surface area contributed by atoms with E-state index >= 15 is 0 Å². The molecule has 6 heteroatoms. The summed E-state index contributed by atoms with van der Waals surface area (Å²) in [6.07, 6.45) is 0.134. The average molecular weight is 342 g/mol. The third kappa shape index (κ3) is 5.84. The Balaban J connectivity index is 1.77. The zero-order valence-corrected chi connectivity index (χ0v) is 14.6. The molecule has 0 saturated carbocycles. The molecular formula is C19H22N2O4. The van der Waals surface area contributed by atoms with Crippen LogP contribution in [0.2, 0.25) is 0 Å². The van der Waals surface area contributed by atoms with Crippen molar-refractivity contribution in [1.82, 2.24) is 10.9 Å². The Morgan fingerprint density at radius 1 is 1.00 bits per heavy atom. The summed E-state index contributed by atoms with van der Waals surface area (Å²) in [6, 6.07) is 13.0. The van der Waals surface area contributed by atoms with Crippen LogP contribution in [0.15, 0.2) is 42.5 Å². The number of carbonyl (C=O) groups excluding carboxylic acids is 2. The van der Waals surface area contributed by atoms with E-state index in [9.17, 15) is 9.59 Å². The lowest BCUT2D eigenvalue weighted by Crippen LogP contribution is -2.44. The van der Waals surface area contributed by atoms with Crippen LogP contribution in [0.3, 0.4) is 0 Å². The van der Waals surface area contributed by atoms with Gasteiger partial charge in [-0.2, -0.15) is 0 Å². The van der Waals surface area contributed by atoms with Gasteiger partial charge in [-0.25, -0.2) is 0 Å². The molecule has 0 unspecified atom stereocenters. The SMILES string of the molecule is COc1cccc(CC(=O)NNC(=O)COc2cc(C)ccc2C)c1. The Labute approximate surface area is 147 Å². The average Bonchev–Trinajstić information content (AvgIpc) is 2.61. The number of hydrogen-bond acceptors (Lipinski definition) is 4.